The molecule has 2 fully saturated rings. The summed E-state index contributed by atoms with van der Waals surface area (Å²) in [6, 6.07) is 21.0. The third kappa shape index (κ3) is 26.5. The highest BCUT2D eigenvalue weighted by atomic mass is 32.1. The molecular formula is C85H126N10O14S. The molecule has 12 atom stereocenters. The maximum absolute atomic E-state index is 15.0. The monoisotopic (exact) mass is 1540 g/mol. The summed E-state index contributed by atoms with van der Waals surface area (Å²) in [6.45, 7) is 22.7. The van der Waals surface area contributed by atoms with Crippen LogP contribution in [0.4, 0.5) is 10.5 Å². The Bertz CT molecular complexity index is 3630. The number of rotatable bonds is 48. The SMILES string of the molecule is CC[C@H](C)C([C@@H](CC(=O)N1CCC[C@H]1[C@H](OC)[C@@H](C)C(=O)N[C@@H](Cc1ccccc1)c1nccs1)OC)N(C)C(=O)[C@@H](CC(=O)[C@H](C(C)C)N(C)CCc1ccc(N(C)C(=O)COc2ccc(CC(=O)[C@H](CCCNC(N)=O)NC(=O)[C@@H](CC(=O)CCCCCN3C(=O)CC(C(C)C)C3=O)C(C)C)cc2)cc1)C(C)C. The number of thiazole rings is 1. The van der Waals surface area contributed by atoms with Gasteiger partial charge in [-0.1, -0.05) is 144 Å². The van der Waals surface area contributed by atoms with Crippen molar-refractivity contribution in [3.63, 3.8) is 0 Å². The quantitative estimate of drug-likeness (QED) is 0.0236. The van der Waals surface area contributed by atoms with Crippen molar-refractivity contribution in [3.05, 3.63) is 112 Å². The minimum Gasteiger partial charge on any atom is -0.484 e. The van der Waals surface area contributed by atoms with E-state index in [1.54, 1.807) is 63.7 Å². The van der Waals surface area contributed by atoms with E-state index in [-0.39, 0.29) is 158 Å². The highest BCUT2D eigenvalue weighted by molar-refractivity contribution is 7.09. The van der Waals surface area contributed by atoms with Gasteiger partial charge in [0.2, 0.25) is 35.4 Å². The number of likely N-dealkylation sites (N-methyl/N-ethyl adjacent to an activating group) is 3. The number of carbonyl (C=O) groups excluding carboxylic acids is 11. The third-order valence-electron chi connectivity index (χ3n) is 22.4. The molecule has 2 aliphatic heterocycles. The first-order valence-electron chi connectivity index (χ1n) is 39.7. The van der Waals surface area contributed by atoms with E-state index in [9.17, 15) is 47.9 Å². The summed E-state index contributed by atoms with van der Waals surface area (Å²) in [4.78, 5) is 163. The fourth-order valence-electron chi connectivity index (χ4n) is 15.5. The summed E-state index contributed by atoms with van der Waals surface area (Å²) < 4.78 is 18.2. The van der Waals surface area contributed by atoms with Crippen molar-refractivity contribution in [2.24, 2.45) is 59.0 Å². The van der Waals surface area contributed by atoms with Crippen molar-refractivity contribution in [2.45, 2.75) is 221 Å². The van der Waals surface area contributed by atoms with Crippen LogP contribution in [0.15, 0.2) is 90.4 Å². The number of likely N-dealkylation sites (tertiary alicyclic amines) is 2. The molecular weight excluding hydrogens is 1420 g/mol. The fraction of sp³-hybridized carbons (Fsp3) is 0.624. The van der Waals surface area contributed by atoms with E-state index in [0.29, 0.717) is 88.0 Å². The van der Waals surface area contributed by atoms with E-state index in [1.165, 1.54) is 21.1 Å². The van der Waals surface area contributed by atoms with Crippen LogP contribution in [0.2, 0.25) is 0 Å². The summed E-state index contributed by atoms with van der Waals surface area (Å²) in [7, 11) is 8.52. The van der Waals surface area contributed by atoms with Crippen molar-refractivity contribution in [2.75, 3.05) is 73.0 Å². The number of carbonyl (C=O) groups is 11. The molecule has 0 radical (unpaired) electrons. The molecule has 9 amide bonds. The van der Waals surface area contributed by atoms with Gasteiger partial charge in [-0.3, -0.25) is 57.7 Å². The average molecular weight is 1540 g/mol. The molecule has 2 saturated heterocycles. The second-order valence-corrected chi connectivity index (χ2v) is 32.6. The zero-order valence-corrected chi connectivity index (χ0v) is 68.9. The standard InChI is InChI=1S/C85H126N10O14S/c1-17-57(10)78(73(107-15)51-75(100)94-43-25-30-70(94)79(108-16)58(11)80(102)90-69(82-87-41-45-110-82)46-60-26-20-18-21-27-60)93(14)83(104)66(54(4)5)49-72(98)77(56(8)9)91(12)44-39-59-31-35-62(36-32-59)92(13)76(101)52-109-64-37-33-61(34-38-64)47-71(97)68(29-24-40-88-85(86)106)89-81(103)65(53(2)3)48-63(96)28-22-19-23-42-95-74(99)50-67(55(6)7)84(95)105/h18,20-21,26-27,31-38,41,45,53-58,65-70,73,77-79H,17,19,22-25,28-30,39-40,42-44,46-52H2,1-16H3,(H,89,103)(H,90,102)(H3,86,88,106)/t57-,58+,65-,66-,67?,68-,69-,70-,73+,77-,78?,79+/m0/s1. The van der Waals surface area contributed by atoms with Gasteiger partial charge in [0.05, 0.1) is 54.8 Å². The van der Waals surface area contributed by atoms with Gasteiger partial charge in [-0.25, -0.2) is 9.78 Å². The van der Waals surface area contributed by atoms with Crippen LogP contribution in [0.3, 0.4) is 0 Å². The molecule has 0 saturated carbocycles. The molecule has 0 bridgehead atoms. The Morgan fingerprint density at radius 3 is 1.99 bits per heavy atom. The first-order valence-corrected chi connectivity index (χ1v) is 40.6. The lowest BCUT2D eigenvalue weighted by Crippen LogP contribution is -2.54. The fourth-order valence-corrected chi connectivity index (χ4v) is 16.2. The summed E-state index contributed by atoms with van der Waals surface area (Å²) in [5.41, 5.74) is 8.63. The lowest BCUT2D eigenvalue weighted by molar-refractivity contribution is -0.149. The van der Waals surface area contributed by atoms with Crippen LogP contribution in [-0.2, 0) is 76.7 Å². The first kappa shape index (κ1) is 90.6. The molecule has 25 heteroatoms. The largest absolute Gasteiger partial charge is 0.484 e. The molecule has 110 heavy (non-hydrogen) atoms. The van der Waals surface area contributed by atoms with Crippen molar-refractivity contribution < 1.29 is 67.0 Å². The number of urea groups is 1. The number of benzene rings is 3. The number of primary amides is 1. The summed E-state index contributed by atoms with van der Waals surface area (Å²) in [5.74, 6) is -4.28. The topological polar surface area (TPSA) is 307 Å². The number of anilines is 1. The smallest absolute Gasteiger partial charge is 0.312 e. The lowest BCUT2D eigenvalue weighted by Gasteiger charge is -2.41. The normalized spacial score (nSPS) is 17.3. The molecule has 6 rings (SSSR count). The Labute approximate surface area is 657 Å². The molecule has 3 heterocycles. The first-order chi connectivity index (χ1) is 52.3. The molecule has 5 N–H and O–H groups in total. The number of hydrogen-bond donors (Lipinski definition) is 4. The van der Waals surface area contributed by atoms with E-state index in [0.717, 1.165) is 22.6 Å². The molecule has 1 aromatic heterocycles. The number of nitrogens with one attached hydrogen (secondary N) is 3. The number of ether oxygens (including phenoxy) is 3. The number of hydrogen-bond acceptors (Lipinski definition) is 17. The maximum Gasteiger partial charge on any atom is 0.312 e. The molecule has 2 unspecified atom stereocenters. The van der Waals surface area contributed by atoms with Crippen molar-refractivity contribution >= 4 is 81.8 Å². The van der Waals surface area contributed by atoms with Gasteiger partial charge < -0.3 is 50.6 Å². The van der Waals surface area contributed by atoms with Gasteiger partial charge in [0.15, 0.2) is 18.2 Å². The molecule has 0 spiro atoms. The minimum atomic E-state index is -0.929. The average Bonchev–Trinajstić information content (AvgIpc) is 1.69. The number of aromatic nitrogens is 1. The van der Waals surface area contributed by atoms with Gasteiger partial charge in [0.1, 0.15) is 16.5 Å². The summed E-state index contributed by atoms with van der Waals surface area (Å²) in [6.07, 6.45) is 6.46. The van der Waals surface area contributed by atoms with Gasteiger partial charge in [0.25, 0.3) is 5.91 Å². The second kappa shape index (κ2) is 44.7. The Balaban J connectivity index is 0.984. The molecule has 606 valence electrons. The van der Waals surface area contributed by atoms with Gasteiger partial charge in [-0.2, -0.15) is 0 Å². The van der Waals surface area contributed by atoms with Gasteiger partial charge >= 0.3 is 6.03 Å². The summed E-state index contributed by atoms with van der Waals surface area (Å²) >= 11 is 1.49. The highest BCUT2D eigenvalue weighted by Gasteiger charge is 2.45. The van der Waals surface area contributed by atoms with E-state index >= 15 is 4.79 Å². The van der Waals surface area contributed by atoms with Crippen molar-refractivity contribution in [3.8, 4) is 5.75 Å². The number of ketones is 3. The molecule has 2 aliphatic rings. The minimum absolute atomic E-state index is 0.00243. The zero-order chi connectivity index (χ0) is 81.1. The van der Waals surface area contributed by atoms with Crippen LogP contribution in [0.5, 0.6) is 5.75 Å². The number of Topliss-reactive ketones (excluding diaryl/α,β-unsaturated/α-hetero) is 3. The van der Waals surface area contributed by atoms with Crippen LogP contribution in [0, 0.1) is 53.3 Å². The number of nitrogens with zero attached hydrogens (tertiary/aromatic N) is 6. The Morgan fingerprint density at radius 2 is 1.40 bits per heavy atom. The van der Waals surface area contributed by atoms with E-state index in [1.807, 2.05) is 134 Å². The predicted molar refractivity (Wildman–Crippen MR) is 428 cm³/mol. The van der Waals surface area contributed by atoms with Crippen LogP contribution in [0.1, 0.15) is 187 Å². The number of nitrogens with two attached hydrogens (primary N) is 1. The maximum atomic E-state index is 15.0. The number of methoxy groups -OCH3 is 2. The number of unbranched alkanes of at least 4 members (excludes halogenated alkanes) is 2. The number of amides is 9. The lowest BCUT2D eigenvalue weighted by atomic mass is 9.83. The zero-order valence-electron chi connectivity index (χ0n) is 68.1. The van der Waals surface area contributed by atoms with Crippen LogP contribution in [0.25, 0.3) is 0 Å². The van der Waals surface area contributed by atoms with E-state index in [4.69, 9.17) is 19.9 Å². The van der Waals surface area contributed by atoms with Gasteiger partial charge in [-0.15, -0.1) is 11.3 Å². The molecule has 24 nitrogen and oxygen atoms in total. The molecule has 0 aliphatic carbocycles. The van der Waals surface area contributed by atoms with Crippen molar-refractivity contribution in [1.29, 1.82) is 0 Å². The number of imide groups is 1. The molecule has 4 aromatic rings. The second-order valence-electron chi connectivity index (χ2n) is 31.7. The van der Waals surface area contributed by atoms with Crippen molar-refractivity contribution in [1.82, 2.24) is 40.5 Å². The van der Waals surface area contributed by atoms with Crippen LogP contribution >= 0.6 is 11.3 Å². The van der Waals surface area contributed by atoms with E-state index < -0.39 is 60.0 Å². The highest BCUT2D eigenvalue weighted by Crippen LogP contribution is 2.34. The predicted octanol–water partition coefficient (Wildman–Crippen LogP) is 10.8. The molecule has 3 aromatic carbocycles. The Hall–Kier alpha value is -8.26. The van der Waals surface area contributed by atoms with Gasteiger partial charge in [-0.05, 0) is 129 Å². The van der Waals surface area contributed by atoms with Crippen LogP contribution in [-0.4, -0.2) is 194 Å². The third-order valence-corrected chi connectivity index (χ3v) is 23.3. The van der Waals surface area contributed by atoms with E-state index in [2.05, 4.69) is 39.7 Å². The summed E-state index contributed by atoms with van der Waals surface area (Å²) in [5, 5.41) is 11.4. The van der Waals surface area contributed by atoms with Crippen LogP contribution < -0.4 is 31.3 Å². The Kier molecular flexibility index (Phi) is 36.8. The Morgan fingerprint density at radius 1 is 0.727 bits per heavy atom. The van der Waals surface area contributed by atoms with Gasteiger partial charge in [0, 0.05) is 122 Å².